The smallest absolute Gasteiger partial charge is 0.409 e. The molecule has 3 heterocycles. The predicted octanol–water partition coefficient (Wildman–Crippen LogP) is 0.297. The Hall–Kier alpha value is -2.58. The molecule has 148 valence electrons. The van der Waals surface area contributed by atoms with Crippen molar-refractivity contribution in [3.8, 4) is 0 Å². The third-order valence-corrected chi connectivity index (χ3v) is 5.21. The van der Waals surface area contributed by atoms with E-state index in [0.29, 0.717) is 39.3 Å². The number of amides is 2. The number of hydrogen-bond donors (Lipinski definition) is 0. The summed E-state index contributed by atoms with van der Waals surface area (Å²) < 4.78 is 6.31. The van der Waals surface area contributed by atoms with Gasteiger partial charge >= 0.3 is 6.09 Å². The van der Waals surface area contributed by atoms with Gasteiger partial charge in [-0.05, 0) is 19.8 Å². The van der Waals surface area contributed by atoms with E-state index < -0.39 is 0 Å². The van der Waals surface area contributed by atoms with E-state index in [1.165, 1.54) is 4.68 Å². The van der Waals surface area contributed by atoms with Crippen LogP contribution in [-0.2, 0) is 16.6 Å². The van der Waals surface area contributed by atoms with E-state index in [1.54, 1.807) is 31.1 Å². The van der Waals surface area contributed by atoms with Gasteiger partial charge in [-0.25, -0.2) is 9.48 Å². The second kappa shape index (κ2) is 8.41. The average molecular weight is 377 g/mol. The van der Waals surface area contributed by atoms with Crippen LogP contribution in [0, 0.1) is 5.92 Å². The number of nitrogens with zero attached hydrogens (tertiary/aromatic N) is 5. The molecule has 2 amide bonds. The number of rotatable bonds is 3. The van der Waals surface area contributed by atoms with Crippen molar-refractivity contribution in [2.75, 3.05) is 50.8 Å². The van der Waals surface area contributed by atoms with E-state index >= 15 is 0 Å². The first-order valence-electron chi connectivity index (χ1n) is 9.48. The normalized spacial score (nSPS) is 20.5. The molecule has 0 N–H and O–H groups in total. The summed E-state index contributed by atoms with van der Waals surface area (Å²) in [5.41, 5.74) is 0.610. The topological polar surface area (TPSA) is 88.0 Å². The molecule has 2 fully saturated rings. The minimum Gasteiger partial charge on any atom is -0.450 e. The summed E-state index contributed by atoms with van der Waals surface area (Å²) in [6, 6.07) is 1.57. The highest BCUT2D eigenvalue weighted by atomic mass is 16.6. The molecule has 9 heteroatoms. The number of carbonyl (C=O) groups excluding carboxylic acids is 2. The number of hydrogen-bond acceptors (Lipinski definition) is 6. The molecule has 0 aliphatic carbocycles. The quantitative estimate of drug-likeness (QED) is 0.753. The summed E-state index contributed by atoms with van der Waals surface area (Å²) in [6.07, 6.45) is 3.10. The third-order valence-electron chi connectivity index (χ3n) is 5.21. The standard InChI is InChI=1S/C18H27N5O4/c1-3-27-18(26)22-9-7-21(8-10-22)17(25)14-5-4-6-23(13-14)15-11-16(24)20(2)19-12-15/h11-12,14H,3-10,13H2,1-2H3/t14-/m1/s1. The first-order valence-corrected chi connectivity index (χ1v) is 9.48. The average Bonchev–Trinajstić information content (AvgIpc) is 2.70. The molecule has 0 bridgehead atoms. The second-order valence-corrected chi connectivity index (χ2v) is 6.97. The minimum absolute atomic E-state index is 0.100. The lowest BCUT2D eigenvalue weighted by molar-refractivity contribution is -0.137. The molecule has 1 aromatic rings. The number of piperazine rings is 1. The summed E-state index contributed by atoms with van der Waals surface area (Å²) in [6.45, 7) is 5.60. The lowest BCUT2D eigenvalue weighted by Gasteiger charge is -2.39. The Labute approximate surface area is 158 Å². The van der Waals surface area contributed by atoms with Gasteiger partial charge in [-0.1, -0.05) is 0 Å². The summed E-state index contributed by atoms with van der Waals surface area (Å²) in [4.78, 5) is 42.1. The van der Waals surface area contributed by atoms with Crippen LogP contribution in [0.15, 0.2) is 17.1 Å². The van der Waals surface area contributed by atoms with Gasteiger partial charge in [0.05, 0.1) is 24.4 Å². The monoisotopic (exact) mass is 377 g/mol. The largest absolute Gasteiger partial charge is 0.450 e. The maximum Gasteiger partial charge on any atom is 0.409 e. The van der Waals surface area contributed by atoms with Gasteiger partial charge in [0, 0.05) is 52.4 Å². The zero-order valence-electron chi connectivity index (χ0n) is 16.0. The van der Waals surface area contributed by atoms with Gasteiger partial charge in [0.25, 0.3) is 5.56 Å². The van der Waals surface area contributed by atoms with Gasteiger partial charge < -0.3 is 19.4 Å². The van der Waals surface area contributed by atoms with Crippen LogP contribution in [-0.4, -0.2) is 77.5 Å². The Morgan fingerprint density at radius 1 is 1.19 bits per heavy atom. The molecule has 3 rings (SSSR count). The molecule has 1 aromatic heterocycles. The fourth-order valence-electron chi connectivity index (χ4n) is 3.63. The van der Waals surface area contributed by atoms with Crippen molar-refractivity contribution in [1.82, 2.24) is 19.6 Å². The van der Waals surface area contributed by atoms with Crippen LogP contribution < -0.4 is 10.5 Å². The third kappa shape index (κ3) is 4.40. The summed E-state index contributed by atoms with van der Waals surface area (Å²) in [7, 11) is 1.62. The highest BCUT2D eigenvalue weighted by molar-refractivity contribution is 5.80. The lowest BCUT2D eigenvalue weighted by Crippen LogP contribution is -2.53. The van der Waals surface area contributed by atoms with Crippen LogP contribution in [0.5, 0.6) is 0 Å². The maximum absolute atomic E-state index is 12.9. The molecule has 2 aliphatic rings. The molecule has 0 spiro atoms. The van der Waals surface area contributed by atoms with Gasteiger partial charge in [0.1, 0.15) is 0 Å². The van der Waals surface area contributed by atoms with Gasteiger partial charge in [0.2, 0.25) is 5.91 Å². The molecule has 0 saturated carbocycles. The highest BCUT2D eigenvalue weighted by Gasteiger charge is 2.32. The van der Waals surface area contributed by atoms with Crippen LogP contribution in [0.1, 0.15) is 19.8 Å². The molecule has 2 aliphatic heterocycles. The SMILES string of the molecule is CCOC(=O)N1CCN(C(=O)[C@@H]2CCCN(c3cnn(C)c(=O)c3)C2)CC1. The molecule has 0 aromatic carbocycles. The molecule has 2 saturated heterocycles. The maximum atomic E-state index is 12.9. The second-order valence-electron chi connectivity index (χ2n) is 6.97. The Bertz CT molecular complexity index is 742. The van der Waals surface area contributed by atoms with Crippen LogP contribution >= 0.6 is 0 Å². The number of carbonyl (C=O) groups is 2. The predicted molar refractivity (Wildman–Crippen MR) is 99.6 cm³/mol. The molecule has 27 heavy (non-hydrogen) atoms. The Balaban J connectivity index is 1.58. The molecular formula is C18H27N5O4. The summed E-state index contributed by atoms with van der Waals surface area (Å²) in [5.74, 6) is 0.0250. The van der Waals surface area contributed by atoms with Crippen LogP contribution in [0.4, 0.5) is 10.5 Å². The number of ether oxygens (including phenoxy) is 1. The fraction of sp³-hybridized carbons (Fsp3) is 0.667. The van der Waals surface area contributed by atoms with Crippen molar-refractivity contribution in [2.45, 2.75) is 19.8 Å². The van der Waals surface area contributed by atoms with Crippen molar-refractivity contribution in [3.05, 3.63) is 22.6 Å². The van der Waals surface area contributed by atoms with E-state index in [9.17, 15) is 14.4 Å². The number of anilines is 1. The molecule has 0 radical (unpaired) electrons. The summed E-state index contributed by atoms with van der Waals surface area (Å²) >= 11 is 0. The Kier molecular flexibility index (Phi) is 5.98. The fourth-order valence-corrected chi connectivity index (χ4v) is 3.63. The van der Waals surface area contributed by atoms with Gasteiger partial charge in [0.15, 0.2) is 0 Å². The first-order chi connectivity index (χ1) is 13.0. The van der Waals surface area contributed by atoms with Gasteiger partial charge in [-0.15, -0.1) is 0 Å². The van der Waals surface area contributed by atoms with Crippen molar-refractivity contribution in [3.63, 3.8) is 0 Å². The number of piperidine rings is 1. The van der Waals surface area contributed by atoms with E-state index in [1.807, 2.05) is 4.90 Å². The van der Waals surface area contributed by atoms with Gasteiger partial charge in [-0.2, -0.15) is 5.10 Å². The van der Waals surface area contributed by atoms with Crippen molar-refractivity contribution in [1.29, 1.82) is 0 Å². The van der Waals surface area contributed by atoms with Crippen LogP contribution in [0.25, 0.3) is 0 Å². The number of aromatic nitrogens is 2. The van der Waals surface area contributed by atoms with E-state index in [4.69, 9.17) is 4.74 Å². The minimum atomic E-state index is -0.313. The van der Waals surface area contributed by atoms with Crippen LogP contribution in [0.2, 0.25) is 0 Å². The molecular weight excluding hydrogens is 350 g/mol. The lowest BCUT2D eigenvalue weighted by atomic mass is 9.96. The highest BCUT2D eigenvalue weighted by Crippen LogP contribution is 2.23. The molecule has 9 nitrogen and oxygen atoms in total. The van der Waals surface area contributed by atoms with E-state index in [2.05, 4.69) is 10.00 Å². The van der Waals surface area contributed by atoms with E-state index in [-0.39, 0.29) is 23.5 Å². The van der Waals surface area contributed by atoms with Crippen molar-refractivity contribution >= 4 is 17.7 Å². The van der Waals surface area contributed by atoms with Crippen molar-refractivity contribution in [2.24, 2.45) is 13.0 Å². The number of aryl methyl sites for hydroxylation is 1. The van der Waals surface area contributed by atoms with Gasteiger partial charge in [-0.3, -0.25) is 9.59 Å². The first kappa shape index (κ1) is 19.2. The van der Waals surface area contributed by atoms with Crippen LogP contribution in [0.3, 0.4) is 0 Å². The molecule has 0 unspecified atom stereocenters. The Morgan fingerprint density at radius 2 is 1.89 bits per heavy atom. The van der Waals surface area contributed by atoms with Crippen molar-refractivity contribution < 1.29 is 14.3 Å². The Morgan fingerprint density at radius 3 is 2.56 bits per heavy atom. The van der Waals surface area contributed by atoms with E-state index in [0.717, 1.165) is 25.1 Å². The zero-order valence-corrected chi connectivity index (χ0v) is 16.0. The zero-order chi connectivity index (χ0) is 19.4. The molecule has 1 atom stereocenters. The summed E-state index contributed by atoms with van der Waals surface area (Å²) in [5, 5.41) is 4.07.